The Hall–Kier alpha value is -3.48. The number of carbonyl (C=O) groups is 1. The summed E-state index contributed by atoms with van der Waals surface area (Å²) >= 11 is 0. The number of aromatic amines is 1. The van der Waals surface area contributed by atoms with E-state index < -0.39 is 0 Å². The van der Waals surface area contributed by atoms with Gasteiger partial charge in [-0.05, 0) is 66.4 Å². The normalized spacial score (nSPS) is 15.5. The van der Waals surface area contributed by atoms with Gasteiger partial charge >= 0.3 is 0 Å². The number of hydrogen-bond donors (Lipinski definition) is 2. The van der Waals surface area contributed by atoms with E-state index in [1.807, 2.05) is 10.8 Å². The van der Waals surface area contributed by atoms with Gasteiger partial charge in [0.15, 0.2) is 0 Å². The molecular formula is C23H20F2N4O. The highest BCUT2D eigenvalue weighted by Crippen LogP contribution is 2.32. The van der Waals surface area contributed by atoms with Gasteiger partial charge in [0, 0.05) is 42.0 Å². The van der Waals surface area contributed by atoms with Crippen LogP contribution in [0.1, 0.15) is 30.3 Å². The molecule has 4 aromatic rings. The first-order chi connectivity index (χ1) is 14.6. The topological polar surface area (TPSA) is 62.7 Å². The Balaban J connectivity index is 1.40. The SMILES string of the molecule is O=C(CCc1c(-c2ccc(F)cc2)[nH]c2ccc(F)cc12)NC1CCn2ccnc21. The van der Waals surface area contributed by atoms with Crippen LogP contribution in [0.3, 0.4) is 0 Å². The summed E-state index contributed by atoms with van der Waals surface area (Å²) in [7, 11) is 0. The zero-order valence-corrected chi connectivity index (χ0v) is 16.2. The van der Waals surface area contributed by atoms with Crippen LogP contribution in [0, 0.1) is 11.6 Å². The number of rotatable bonds is 5. The number of carbonyl (C=O) groups excluding carboxylic acids is 1. The highest BCUT2D eigenvalue weighted by atomic mass is 19.1. The Morgan fingerprint density at radius 1 is 1.17 bits per heavy atom. The number of H-pyrrole nitrogens is 1. The number of nitrogens with zero attached hydrogens (tertiary/aromatic N) is 2. The molecule has 1 unspecified atom stereocenters. The van der Waals surface area contributed by atoms with Crippen LogP contribution in [-0.2, 0) is 17.8 Å². The molecule has 3 heterocycles. The van der Waals surface area contributed by atoms with Crippen LogP contribution in [0.5, 0.6) is 0 Å². The van der Waals surface area contributed by atoms with Gasteiger partial charge in [0.2, 0.25) is 5.91 Å². The van der Waals surface area contributed by atoms with E-state index in [0.717, 1.165) is 46.5 Å². The second kappa shape index (κ2) is 7.40. The number of halogens is 2. The van der Waals surface area contributed by atoms with Crippen LogP contribution in [0.2, 0.25) is 0 Å². The standard InChI is InChI=1S/C23H20F2N4O/c24-15-3-1-14(2-4-15)22-17(18-13-16(25)5-7-19(18)28-22)6-8-21(30)27-20-9-11-29-12-10-26-23(20)29/h1-5,7,10,12-13,20,28H,6,8-9,11H2,(H,27,30). The minimum atomic E-state index is -0.337. The number of hydrogen-bond acceptors (Lipinski definition) is 2. The van der Waals surface area contributed by atoms with E-state index in [9.17, 15) is 13.6 Å². The van der Waals surface area contributed by atoms with Gasteiger partial charge in [-0.1, -0.05) is 0 Å². The second-order valence-electron chi connectivity index (χ2n) is 7.56. The van der Waals surface area contributed by atoms with E-state index in [1.165, 1.54) is 24.3 Å². The molecule has 1 aliphatic rings. The fourth-order valence-electron chi connectivity index (χ4n) is 4.20. The molecule has 0 saturated carbocycles. The molecule has 0 spiro atoms. The summed E-state index contributed by atoms with van der Waals surface area (Å²) in [6.45, 7) is 0.844. The lowest BCUT2D eigenvalue weighted by atomic mass is 10.0. The quantitative estimate of drug-likeness (QED) is 0.513. The summed E-state index contributed by atoms with van der Waals surface area (Å²) in [6.07, 6.45) is 5.17. The summed E-state index contributed by atoms with van der Waals surface area (Å²) in [5.74, 6) is 0.143. The Labute approximate surface area is 171 Å². The lowest BCUT2D eigenvalue weighted by Gasteiger charge is -2.12. The highest BCUT2D eigenvalue weighted by molar-refractivity contribution is 5.91. The molecule has 152 valence electrons. The van der Waals surface area contributed by atoms with Crippen molar-refractivity contribution >= 4 is 16.8 Å². The number of imidazole rings is 1. The molecule has 0 aliphatic carbocycles. The van der Waals surface area contributed by atoms with E-state index in [0.29, 0.717) is 6.42 Å². The third-order valence-electron chi connectivity index (χ3n) is 5.66. The minimum Gasteiger partial charge on any atom is -0.354 e. The minimum absolute atomic E-state index is 0.0766. The third-order valence-corrected chi connectivity index (χ3v) is 5.66. The zero-order valence-electron chi connectivity index (χ0n) is 16.2. The first-order valence-electron chi connectivity index (χ1n) is 9.95. The van der Waals surface area contributed by atoms with Crippen molar-refractivity contribution < 1.29 is 13.6 Å². The van der Waals surface area contributed by atoms with E-state index in [4.69, 9.17) is 0 Å². The fraction of sp³-hybridized carbons (Fsp3) is 0.217. The van der Waals surface area contributed by atoms with Gasteiger partial charge in [0.25, 0.3) is 0 Å². The maximum absolute atomic E-state index is 13.9. The maximum Gasteiger partial charge on any atom is 0.220 e. The molecule has 1 aliphatic heterocycles. The zero-order chi connectivity index (χ0) is 20.7. The summed E-state index contributed by atoms with van der Waals surface area (Å²) in [6, 6.07) is 10.6. The Morgan fingerprint density at radius 2 is 1.97 bits per heavy atom. The van der Waals surface area contributed by atoms with E-state index in [2.05, 4.69) is 15.3 Å². The number of fused-ring (bicyclic) bond motifs is 2. The van der Waals surface area contributed by atoms with Crippen LogP contribution in [0.25, 0.3) is 22.2 Å². The fourth-order valence-corrected chi connectivity index (χ4v) is 4.20. The lowest BCUT2D eigenvalue weighted by Crippen LogP contribution is -2.27. The molecule has 2 aromatic heterocycles. The largest absolute Gasteiger partial charge is 0.354 e. The smallest absolute Gasteiger partial charge is 0.220 e. The number of amides is 1. The summed E-state index contributed by atoms with van der Waals surface area (Å²) in [4.78, 5) is 20.3. The van der Waals surface area contributed by atoms with Crippen LogP contribution in [-0.4, -0.2) is 20.4 Å². The van der Waals surface area contributed by atoms with Gasteiger partial charge in [-0.2, -0.15) is 0 Å². The van der Waals surface area contributed by atoms with Crippen molar-refractivity contribution in [1.29, 1.82) is 0 Å². The molecule has 0 bridgehead atoms. The Kier molecular flexibility index (Phi) is 4.58. The molecule has 0 radical (unpaired) electrons. The Bertz CT molecular complexity index is 1230. The highest BCUT2D eigenvalue weighted by Gasteiger charge is 2.25. The van der Waals surface area contributed by atoms with Gasteiger partial charge in [-0.3, -0.25) is 4.79 Å². The monoisotopic (exact) mass is 406 g/mol. The second-order valence-corrected chi connectivity index (χ2v) is 7.56. The van der Waals surface area contributed by atoms with Gasteiger partial charge in [-0.25, -0.2) is 13.8 Å². The predicted octanol–water partition coefficient (Wildman–Crippen LogP) is 4.50. The molecular weight excluding hydrogens is 386 g/mol. The van der Waals surface area contributed by atoms with Crippen LogP contribution >= 0.6 is 0 Å². The van der Waals surface area contributed by atoms with Crippen LogP contribution in [0.15, 0.2) is 54.9 Å². The average molecular weight is 406 g/mol. The van der Waals surface area contributed by atoms with E-state index in [1.54, 1.807) is 24.4 Å². The molecule has 2 aromatic carbocycles. The Morgan fingerprint density at radius 3 is 2.80 bits per heavy atom. The predicted molar refractivity (Wildman–Crippen MR) is 110 cm³/mol. The van der Waals surface area contributed by atoms with Crippen molar-refractivity contribution in [2.45, 2.75) is 31.8 Å². The first-order valence-corrected chi connectivity index (χ1v) is 9.95. The molecule has 2 N–H and O–H groups in total. The van der Waals surface area contributed by atoms with Gasteiger partial charge in [-0.15, -0.1) is 0 Å². The van der Waals surface area contributed by atoms with Crippen LogP contribution in [0.4, 0.5) is 8.78 Å². The van der Waals surface area contributed by atoms with Crippen LogP contribution < -0.4 is 5.32 Å². The summed E-state index contributed by atoms with van der Waals surface area (Å²) in [5, 5.41) is 3.79. The molecule has 7 heteroatoms. The molecule has 30 heavy (non-hydrogen) atoms. The molecule has 0 fully saturated rings. The van der Waals surface area contributed by atoms with Gasteiger partial charge in [0.05, 0.1) is 6.04 Å². The van der Waals surface area contributed by atoms with Crippen molar-refractivity contribution in [3.63, 3.8) is 0 Å². The molecule has 0 saturated heterocycles. The van der Waals surface area contributed by atoms with E-state index >= 15 is 0 Å². The molecule has 5 nitrogen and oxygen atoms in total. The van der Waals surface area contributed by atoms with Crippen molar-refractivity contribution in [3.05, 3.63) is 77.9 Å². The van der Waals surface area contributed by atoms with Crippen molar-refractivity contribution in [1.82, 2.24) is 19.9 Å². The average Bonchev–Trinajstić information content (AvgIpc) is 3.43. The third kappa shape index (κ3) is 3.36. The maximum atomic E-state index is 13.9. The van der Waals surface area contributed by atoms with Crippen molar-refractivity contribution in [2.24, 2.45) is 0 Å². The number of benzene rings is 2. The number of aryl methyl sites for hydroxylation is 2. The van der Waals surface area contributed by atoms with Crippen molar-refractivity contribution in [2.75, 3.05) is 0 Å². The molecule has 5 rings (SSSR count). The lowest BCUT2D eigenvalue weighted by molar-refractivity contribution is -0.121. The van der Waals surface area contributed by atoms with Gasteiger partial charge in [0.1, 0.15) is 17.5 Å². The van der Waals surface area contributed by atoms with Gasteiger partial charge < -0.3 is 14.9 Å². The molecule has 1 amide bonds. The van der Waals surface area contributed by atoms with Crippen molar-refractivity contribution in [3.8, 4) is 11.3 Å². The molecule has 1 atom stereocenters. The first kappa shape index (κ1) is 18.5. The summed E-state index contributed by atoms with van der Waals surface area (Å²) in [5.41, 5.74) is 3.20. The van der Waals surface area contributed by atoms with E-state index in [-0.39, 0.29) is 30.0 Å². The summed E-state index contributed by atoms with van der Waals surface area (Å²) < 4.78 is 29.3. The number of nitrogens with one attached hydrogen (secondary N) is 2. The number of aromatic nitrogens is 3.